The summed E-state index contributed by atoms with van der Waals surface area (Å²) in [6.45, 7) is 1.53. The van der Waals surface area contributed by atoms with E-state index in [1.54, 1.807) is 0 Å². The number of H-pyrrole nitrogens is 1. The zero-order valence-electron chi connectivity index (χ0n) is 13.4. The number of nitrogens with zero attached hydrogens (tertiary/aromatic N) is 2. The molecule has 2 heterocycles. The number of nitro benzene ring substituents is 1. The molecule has 128 valence electrons. The summed E-state index contributed by atoms with van der Waals surface area (Å²) < 4.78 is 19.9. The number of ether oxygens (including phenoxy) is 1. The Morgan fingerprint density at radius 1 is 1.32 bits per heavy atom. The molecule has 0 atom stereocenters. The molecule has 0 saturated heterocycles. The standard InChI is InChI=1S/C18H16FN3O3/c19-15-9-13(22(23)24)10-17-18(15)21(7-8-25-17)6-5-12-11-20-16-4-2-1-3-14(12)16/h1-4,9-11,20H,5-8H2. The third kappa shape index (κ3) is 2.77. The summed E-state index contributed by atoms with van der Waals surface area (Å²) >= 11 is 0. The summed E-state index contributed by atoms with van der Waals surface area (Å²) in [6, 6.07) is 10.3. The maximum Gasteiger partial charge on any atom is 0.276 e. The number of rotatable bonds is 4. The van der Waals surface area contributed by atoms with Crippen LogP contribution in [-0.4, -0.2) is 29.6 Å². The Hall–Kier alpha value is -3.09. The molecular weight excluding hydrogens is 325 g/mol. The van der Waals surface area contributed by atoms with E-state index in [0.29, 0.717) is 25.4 Å². The molecule has 0 radical (unpaired) electrons. The lowest BCUT2D eigenvalue weighted by Gasteiger charge is -2.31. The second-order valence-corrected chi connectivity index (χ2v) is 5.98. The van der Waals surface area contributed by atoms with E-state index < -0.39 is 10.7 Å². The van der Waals surface area contributed by atoms with Gasteiger partial charge in [-0.3, -0.25) is 10.1 Å². The molecule has 1 N–H and O–H groups in total. The van der Waals surface area contributed by atoms with Gasteiger partial charge in [0.05, 0.1) is 23.6 Å². The zero-order chi connectivity index (χ0) is 17.4. The van der Waals surface area contributed by atoms with E-state index >= 15 is 0 Å². The Bertz CT molecular complexity index is 954. The van der Waals surface area contributed by atoms with Gasteiger partial charge < -0.3 is 14.6 Å². The average molecular weight is 341 g/mol. The van der Waals surface area contributed by atoms with Gasteiger partial charge in [-0.1, -0.05) is 18.2 Å². The summed E-state index contributed by atoms with van der Waals surface area (Å²) in [5.41, 5.74) is 2.24. The van der Waals surface area contributed by atoms with Gasteiger partial charge in [-0.2, -0.15) is 0 Å². The van der Waals surface area contributed by atoms with Gasteiger partial charge in [-0.25, -0.2) is 4.39 Å². The van der Waals surface area contributed by atoms with Crippen molar-refractivity contribution < 1.29 is 14.1 Å². The molecule has 0 spiro atoms. The third-order valence-electron chi connectivity index (χ3n) is 4.48. The van der Waals surface area contributed by atoms with E-state index in [2.05, 4.69) is 11.1 Å². The van der Waals surface area contributed by atoms with Gasteiger partial charge >= 0.3 is 0 Å². The van der Waals surface area contributed by atoms with Gasteiger partial charge in [0.2, 0.25) is 0 Å². The van der Waals surface area contributed by atoms with Crippen molar-refractivity contribution in [2.75, 3.05) is 24.6 Å². The van der Waals surface area contributed by atoms with Crippen LogP contribution in [0.1, 0.15) is 5.56 Å². The maximum atomic E-state index is 14.4. The SMILES string of the molecule is O=[N+]([O-])c1cc(F)c2c(c1)OCCN2CCc1c[nH]c2ccccc12. The predicted octanol–water partition coefficient (Wildman–Crippen LogP) is 3.66. The Morgan fingerprint density at radius 3 is 3.00 bits per heavy atom. The number of anilines is 1. The van der Waals surface area contributed by atoms with Gasteiger partial charge in [0.25, 0.3) is 5.69 Å². The van der Waals surface area contributed by atoms with Crippen LogP contribution in [0.5, 0.6) is 5.75 Å². The van der Waals surface area contributed by atoms with Crippen molar-refractivity contribution >= 4 is 22.3 Å². The van der Waals surface area contributed by atoms with Crippen LogP contribution in [0, 0.1) is 15.9 Å². The molecule has 1 aliphatic rings. The molecule has 2 aromatic carbocycles. The van der Waals surface area contributed by atoms with E-state index in [4.69, 9.17) is 4.74 Å². The highest BCUT2D eigenvalue weighted by Crippen LogP contribution is 2.37. The number of halogens is 1. The van der Waals surface area contributed by atoms with Gasteiger partial charge in [-0.05, 0) is 18.1 Å². The molecule has 1 aromatic heterocycles. The van der Waals surface area contributed by atoms with Crippen LogP contribution >= 0.6 is 0 Å². The maximum absolute atomic E-state index is 14.4. The third-order valence-corrected chi connectivity index (χ3v) is 4.48. The van der Waals surface area contributed by atoms with Gasteiger partial charge in [0.1, 0.15) is 12.3 Å². The Kier molecular flexibility index (Phi) is 3.76. The summed E-state index contributed by atoms with van der Waals surface area (Å²) in [5.74, 6) is -0.389. The zero-order valence-corrected chi connectivity index (χ0v) is 13.4. The quantitative estimate of drug-likeness (QED) is 0.581. The van der Waals surface area contributed by atoms with Crippen molar-refractivity contribution in [2.45, 2.75) is 6.42 Å². The average Bonchev–Trinajstić information content (AvgIpc) is 3.02. The van der Waals surface area contributed by atoms with Crippen LogP contribution in [0.4, 0.5) is 15.8 Å². The first kappa shape index (κ1) is 15.4. The van der Waals surface area contributed by atoms with E-state index in [-0.39, 0.29) is 11.4 Å². The van der Waals surface area contributed by atoms with Crippen LogP contribution in [0.25, 0.3) is 10.9 Å². The number of aromatic amines is 1. The Labute approximate surface area is 143 Å². The molecule has 0 bridgehead atoms. The molecule has 0 aliphatic carbocycles. The number of benzene rings is 2. The van der Waals surface area contributed by atoms with Crippen molar-refractivity contribution in [3.8, 4) is 5.75 Å². The van der Waals surface area contributed by atoms with Crippen LogP contribution in [0.3, 0.4) is 0 Å². The van der Waals surface area contributed by atoms with Crippen molar-refractivity contribution in [1.29, 1.82) is 0 Å². The van der Waals surface area contributed by atoms with Crippen LogP contribution in [0.15, 0.2) is 42.6 Å². The minimum atomic E-state index is -0.622. The van der Waals surface area contributed by atoms with Gasteiger partial charge in [0, 0.05) is 23.6 Å². The monoisotopic (exact) mass is 341 g/mol. The van der Waals surface area contributed by atoms with Crippen LogP contribution in [0.2, 0.25) is 0 Å². The molecule has 1 aliphatic heterocycles. The highest BCUT2D eigenvalue weighted by molar-refractivity contribution is 5.83. The summed E-state index contributed by atoms with van der Waals surface area (Å²) in [4.78, 5) is 15.4. The molecule has 0 saturated carbocycles. The fourth-order valence-electron chi connectivity index (χ4n) is 3.28. The first-order chi connectivity index (χ1) is 12.1. The van der Waals surface area contributed by atoms with Crippen molar-refractivity contribution in [1.82, 2.24) is 4.98 Å². The predicted molar refractivity (Wildman–Crippen MR) is 92.8 cm³/mol. The normalized spacial score (nSPS) is 13.6. The molecule has 0 unspecified atom stereocenters. The molecule has 0 amide bonds. The number of fused-ring (bicyclic) bond motifs is 2. The number of nitrogens with one attached hydrogen (secondary N) is 1. The molecule has 4 rings (SSSR count). The van der Waals surface area contributed by atoms with Crippen molar-refractivity contribution in [2.24, 2.45) is 0 Å². The topological polar surface area (TPSA) is 71.4 Å². The first-order valence-electron chi connectivity index (χ1n) is 8.04. The molecule has 6 nitrogen and oxygen atoms in total. The number of hydrogen-bond donors (Lipinski definition) is 1. The minimum absolute atomic E-state index is 0.233. The number of para-hydroxylation sites is 1. The van der Waals surface area contributed by atoms with E-state index in [9.17, 15) is 14.5 Å². The van der Waals surface area contributed by atoms with E-state index in [0.717, 1.165) is 29.0 Å². The number of aromatic nitrogens is 1. The van der Waals surface area contributed by atoms with Crippen LogP contribution in [-0.2, 0) is 6.42 Å². The van der Waals surface area contributed by atoms with E-state index in [1.807, 2.05) is 29.3 Å². The lowest BCUT2D eigenvalue weighted by molar-refractivity contribution is -0.385. The molecular formula is C18H16FN3O3. The largest absolute Gasteiger partial charge is 0.489 e. The number of nitro groups is 1. The summed E-state index contributed by atoms with van der Waals surface area (Å²) in [7, 11) is 0. The lowest BCUT2D eigenvalue weighted by atomic mass is 10.1. The van der Waals surface area contributed by atoms with E-state index in [1.165, 1.54) is 6.07 Å². The second kappa shape index (κ2) is 6.08. The van der Waals surface area contributed by atoms with Crippen LogP contribution < -0.4 is 9.64 Å². The van der Waals surface area contributed by atoms with Gasteiger partial charge in [0.15, 0.2) is 11.6 Å². The number of non-ortho nitro benzene ring substituents is 1. The smallest absolute Gasteiger partial charge is 0.276 e. The molecule has 0 fully saturated rings. The Balaban J connectivity index is 1.60. The summed E-state index contributed by atoms with van der Waals surface area (Å²) in [6.07, 6.45) is 2.71. The Morgan fingerprint density at radius 2 is 2.16 bits per heavy atom. The second-order valence-electron chi connectivity index (χ2n) is 5.98. The molecule has 3 aromatic rings. The van der Waals surface area contributed by atoms with Crippen molar-refractivity contribution in [3.63, 3.8) is 0 Å². The number of hydrogen-bond acceptors (Lipinski definition) is 4. The lowest BCUT2D eigenvalue weighted by Crippen LogP contribution is -2.35. The van der Waals surface area contributed by atoms with Crippen molar-refractivity contribution in [3.05, 3.63) is 64.1 Å². The molecule has 7 heteroatoms. The fourth-order valence-corrected chi connectivity index (χ4v) is 3.28. The van der Waals surface area contributed by atoms with Gasteiger partial charge in [-0.15, -0.1) is 0 Å². The first-order valence-corrected chi connectivity index (χ1v) is 8.04. The summed E-state index contributed by atoms with van der Waals surface area (Å²) in [5, 5.41) is 12.0. The molecule has 25 heavy (non-hydrogen) atoms. The highest BCUT2D eigenvalue weighted by atomic mass is 19.1. The fraction of sp³-hybridized carbons (Fsp3) is 0.222. The minimum Gasteiger partial charge on any atom is -0.489 e. The highest BCUT2D eigenvalue weighted by Gasteiger charge is 2.26.